The van der Waals surface area contributed by atoms with Crippen LogP contribution in [0.3, 0.4) is 0 Å². The maximum Gasteiger partial charge on any atom is 0.313 e. The second-order valence-electron chi connectivity index (χ2n) is 2.95. The lowest BCUT2D eigenvalue weighted by molar-refractivity contribution is -0.384. The molecule has 1 aromatic carbocycles. The number of carbonyl (C=O) groups is 1. The van der Waals surface area contributed by atoms with E-state index < -0.39 is 10.9 Å². The standard InChI is InChI=1S/C8H7NO4S.C2H7NO/c10-8(11)5-14-7-3-1-6(2-4-7)9(12)13;3-1-2-4/h1-4H,5H2,(H,10,11);4H,1-3H2. The number of carboxylic acid groups (broad SMARTS) is 1. The summed E-state index contributed by atoms with van der Waals surface area (Å²) in [5.41, 5.74) is 4.78. The smallest absolute Gasteiger partial charge is 0.313 e. The van der Waals surface area contributed by atoms with Gasteiger partial charge in [-0.1, -0.05) is 0 Å². The number of non-ortho nitro benzene ring substituents is 1. The minimum Gasteiger partial charge on any atom is -0.481 e. The molecule has 100 valence electrons. The number of rotatable bonds is 5. The van der Waals surface area contributed by atoms with Crippen LogP contribution in [0.25, 0.3) is 0 Å². The largest absolute Gasteiger partial charge is 0.481 e. The maximum atomic E-state index is 10.3. The molecule has 0 aliphatic rings. The zero-order chi connectivity index (χ0) is 14.0. The van der Waals surface area contributed by atoms with Gasteiger partial charge >= 0.3 is 5.97 Å². The van der Waals surface area contributed by atoms with Crippen LogP contribution in [0, 0.1) is 10.1 Å². The van der Waals surface area contributed by atoms with Crippen LogP contribution >= 0.6 is 11.8 Å². The van der Waals surface area contributed by atoms with Crippen LogP contribution in [0.2, 0.25) is 0 Å². The monoisotopic (exact) mass is 274 g/mol. The van der Waals surface area contributed by atoms with Gasteiger partial charge in [0.05, 0.1) is 17.3 Å². The van der Waals surface area contributed by atoms with Gasteiger partial charge in [-0.15, -0.1) is 11.8 Å². The first-order chi connectivity index (χ1) is 8.51. The van der Waals surface area contributed by atoms with Gasteiger partial charge in [-0.25, -0.2) is 0 Å². The minimum atomic E-state index is -0.909. The quantitative estimate of drug-likeness (QED) is 0.410. The molecule has 0 fully saturated rings. The Bertz CT molecular complexity index is 380. The summed E-state index contributed by atoms with van der Waals surface area (Å²) in [6.45, 7) is 0.472. The van der Waals surface area contributed by atoms with Crippen molar-refractivity contribution in [1.82, 2.24) is 0 Å². The van der Waals surface area contributed by atoms with E-state index in [1.165, 1.54) is 24.3 Å². The highest BCUT2D eigenvalue weighted by Crippen LogP contribution is 2.20. The SMILES string of the molecule is NCCO.O=C(O)CSc1ccc([N+](=O)[O-])cc1. The summed E-state index contributed by atoms with van der Waals surface area (Å²) >= 11 is 1.13. The molecule has 0 spiro atoms. The van der Waals surface area contributed by atoms with Gasteiger partial charge in [0.25, 0.3) is 5.69 Å². The summed E-state index contributed by atoms with van der Waals surface area (Å²) in [5.74, 6) is -0.953. The number of aliphatic carboxylic acids is 1. The Morgan fingerprint density at radius 3 is 2.22 bits per heavy atom. The lowest BCUT2D eigenvalue weighted by atomic mass is 10.3. The van der Waals surface area contributed by atoms with Crippen LogP contribution in [-0.4, -0.2) is 40.0 Å². The molecule has 0 amide bonds. The van der Waals surface area contributed by atoms with E-state index in [1.54, 1.807) is 0 Å². The Balaban J connectivity index is 0.000000631. The Kier molecular flexibility index (Phi) is 8.54. The second kappa shape index (κ2) is 9.40. The zero-order valence-corrected chi connectivity index (χ0v) is 10.3. The fourth-order valence-corrected chi connectivity index (χ4v) is 1.43. The van der Waals surface area contributed by atoms with E-state index in [9.17, 15) is 14.9 Å². The minimum absolute atomic E-state index is 0.00433. The van der Waals surface area contributed by atoms with Crippen molar-refractivity contribution in [3.8, 4) is 0 Å². The molecule has 0 saturated heterocycles. The van der Waals surface area contributed by atoms with Crippen LogP contribution in [0.1, 0.15) is 0 Å². The molecule has 0 heterocycles. The summed E-state index contributed by atoms with van der Waals surface area (Å²) in [4.78, 5) is 20.7. The summed E-state index contributed by atoms with van der Waals surface area (Å²) in [6, 6.07) is 5.77. The molecule has 0 radical (unpaired) electrons. The first-order valence-corrected chi connectivity index (χ1v) is 5.89. The molecule has 0 aliphatic carbocycles. The Labute approximate surface area is 108 Å². The zero-order valence-electron chi connectivity index (χ0n) is 9.48. The van der Waals surface area contributed by atoms with Crippen molar-refractivity contribution in [1.29, 1.82) is 0 Å². The van der Waals surface area contributed by atoms with Gasteiger partial charge in [0.2, 0.25) is 0 Å². The third-order valence-electron chi connectivity index (χ3n) is 1.54. The number of nitro groups is 1. The molecule has 0 aromatic heterocycles. The topological polar surface area (TPSA) is 127 Å². The summed E-state index contributed by atoms with van der Waals surface area (Å²) in [6.07, 6.45) is 0. The van der Waals surface area contributed by atoms with E-state index in [0.717, 1.165) is 11.8 Å². The van der Waals surface area contributed by atoms with Gasteiger partial charge in [-0.05, 0) is 12.1 Å². The molecule has 0 bridgehead atoms. The second-order valence-corrected chi connectivity index (χ2v) is 3.99. The molecule has 0 unspecified atom stereocenters. The van der Waals surface area contributed by atoms with E-state index in [0.29, 0.717) is 11.4 Å². The van der Waals surface area contributed by atoms with Crippen LogP contribution < -0.4 is 5.73 Å². The van der Waals surface area contributed by atoms with Gasteiger partial charge < -0.3 is 15.9 Å². The summed E-state index contributed by atoms with van der Waals surface area (Å²) < 4.78 is 0. The molecule has 1 aromatic rings. The number of nitrogens with zero attached hydrogens (tertiary/aromatic N) is 1. The normalized spacial score (nSPS) is 9.22. The highest BCUT2D eigenvalue weighted by atomic mass is 32.2. The van der Waals surface area contributed by atoms with Crippen molar-refractivity contribution in [3.05, 3.63) is 34.4 Å². The third-order valence-corrected chi connectivity index (χ3v) is 2.54. The number of carboxylic acids is 1. The van der Waals surface area contributed by atoms with Gasteiger partial charge in [0.15, 0.2) is 0 Å². The molecule has 4 N–H and O–H groups in total. The Hall–Kier alpha value is -1.64. The molecule has 8 heteroatoms. The van der Waals surface area contributed by atoms with E-state index in [2.05, 4.69) is 0 Å². The van der Waals surface area contributed by atoms with Crippen molar-refractivity contribution in [2.75, 3.05) is 18.9 Å². The molecular weight excluding hydrogens is 260 g/mol. The molecule has 7 nitrogen and oxygen atoms in total. The van der Waals surface area contributed by atoms with Crippen molar-refractivity contribution < 1.29 is 19.9 Å². The van der Waals surface area contributed by atoms with Crippen LogP contribution in [0.4, 0.5) is 5.69 Å². The molecule has 18 heavy (non-hydrogen) atoms. The fraction of sp³-hybridized carbons (Fsp3) is 0.300. The van der Waals surface area contributed by atoms with Gasteiger partial charge in [0.1, 0.15) is 0 Å². The third kappa shape index (κ3) is 7.60. The van der Waals surface area contributed by atoms with Crippen molar-refractivity contribution >= 4 is 23.4 Å². The number of benzene rings is 1. The summed E-state index contributed by atoms with van der Waals surface area (Å²) in [7, 11) is 0. The number of aliphatic hydroxyl groups is 1. The number of hydrogen-bond donors (Lipinski definition) is 3. The number of nitro benzene ring substituents is 1. The lowest BCUT2D eigenvalue weighted by Gasteiger charge is -1.97. The van der Waals surface area contributed by atoms with Crippen molar-refractivity contribution in [2.45, 2.75) is 4.90 Å². The van der Waals surface area contributed by atoms with E-state index in [4.69, 9.17) is 15.9 Å². The van der Waals surface area contributed by atoms with E-state index in [1.807, 2.05) is 0 Å². The first-order valence-electron chi connectivity index (χ1n) is 4.91. The van der Waals surface area contributed by atoms with Crippen LogP contribution in [0.15, 0.2) is 29.2 Å². The van der Waals surface area contributed by atoms with E-state index in [-0.39, 0.29) is 18.0 Å². The predicted molar refractivity (Wildman–Crippen MR) is 67.6 cm³/mol. The Morgan fingerprint density at radius 1 is 1.39 bits per heavy atom. The molecular formula is C10H14N2O5S. The molecule has 0 atom stereocenters. The summed E-state index contributed by atoms with van der Waals surface area (Å²) in [5, 5.41) is 26.4. The first kappa shape index (κ1) is 16.4. The highest BCUT2D eigenvalue weighted by molar-refractivity contribution is 8.00. The fourth-order valence-electron chi connectivity index (χ4n) is 0.809. The van der Waals surface area contributed by atoms with Gasteiger partial charge in [-0.2, -0.15) is 0 Å². The average molecular weight is 274 g/mol. The lowest BCUT2D eigenvalue weighted by Crippen LogP contribution is -2.02. The maximum absolute atomic E-state index is 10.3. The average Bonchev–Trinajstić information content (AvgIpc) is 2.37. The molecule has 0 aliphatic heterocycles. The Morgan fingerprint density at radius 2 is 1.89 bits per heavy atom. The highest BCUT2D eigenvalue weighted by Gasteiger charge is 2.05. The van der Waals surface area contributed by atoms with E-state index >= 15 is 0 Å². The van der Waals surface area contributed by atoms with Crippen LogP contribution in [0.5, 0.6) is 0 Å². The molecule has 1 rings (SSSR count). The van der Waals surface area contributed by atoms with Gasteiger partial charge in [0, 0.05) is 23.6 Å². The molecule has 0 saturated carbocycles. The number of hydrogen-bond acceptors (Lipinski definition) is 6. The van der Waals surface area contributed by atoms with Gasteiger partial charge in [-0.3, -0.25) is 14.9 Å². The predicted octanol–water partition coefficient (Wildman–Crippen LogP) is 0.709. The van der Waals surface area contributed by atoms with Crippen molar-refractivity contribution in [3.63, 3.8) is 0 Å². The van der Waals surface area contributed by atoms with Crippen molar-refractivity contribution in [2.24, 2.45) is 5.73 Å². The number of nitrogens with two attached hydrogens (primary N) is 1. The van der Waals surface area contributed by atoms with Crippen LogP contribution in [-0.2, 0) is 4.79 Å². The number of aliphatic hydroxyl groups excluding tert-OH is 1. The number of thioether (sulfide) groups is 1.